The second-order valence-electron chi connectivity index (χ2n) is 7.37. The molecule has 2 unspecified atom stereocenters. The molecule has 0 bridgehead atoms. The van der Waals surface area contributed by atoms with Crippen molar-refractivity contribution in [3.8, 4) is 0 Å². The van der Waals surface area contributed by atoms with E-state index in [0.29, 0.717) is 42.1 Å². The molecule has 3 aliphatic heterocycles. The van der Waals surface area contributed by atoms with Gasteiger partial charge in [-0.3, -0.25) is 4.79 Å². The SMILES string of the molecule is NC1=NC2(CCN3C(=O)C4=C(C=CC=C(Cl)C4)C3C2)Nc2cccc(F)c21. The number of aliphatic imine (C=N–C) groups is 1. The number of hydrogen-bond acceptors (Lipinski definition) is 4. The highest BCUT2D eigenvalue weighted by molar-refractivity contribution is 6.30. The summed E-state index contributed by atoms with van der Waals surface area (Å²) in [6, 6.07) is 4.76. The second-order valence-corrected chi connectivity index (χ2v) is 7.85. The van der Waals surface area contributed by atoms with Crippen molar-refractivity contribution in [3.63, 3.8) is 0 Å². The molecule has 1 aromatic carbocycles. The third-order valence-electron chi connectivity index (χ3n) is 5.77. The van der Waals surface area contributed by atoms with Gasteiger partial charge in [-0.2, -0.15) is 0 Å². The molecule has 3 heterocycles. The molecule has 1 spiro atoms. The zero-order valence-corrected chi connectivity index (χ0v) is 15.3. The number of carbonyl (C=O) groups excluding carboxylic acids is 1. The Hall–Kier alpha value is -2.60. The number of piperidine rings is 1. The van der Waals surface area contributed by atoms with Crippen LogP contribution in [0.15, 0.2) is 57.6 Å². The van der Waals surface area contributed by atoms with Gasteiger partial charge in [0.25, 0.3) is 5.91 Å². The first-order valence-corrected chi connectivity index (χ1v) is 9.34. The predicted octanol–water partition coefficient (Wildman–Crippen LogP) is 3.04. The van der Waals surface area contributed by atoms with Crippen LogP contribution in [-0.4, -0.2) is 34.9 Å². The first-order chi connectivity index (χ1) is 13.0. The fraction of sp³-hybridized carbons (Fsp3) is 0.300. The van der Waals surface area contributed by atoms with E-state index in [9.17, 15) is 9.18 Å². The van der Waals surface area contributed by atoms with E-state index in [-0.39, 0.29) is 23.6 Å². The number of amides is 1. The molecular formula is C20H18ClFN4O. The maximum absolute atomic E-state index is 14.2. The first-order valence-electron chi connectivity index (χ1n) is 8.97. The van der Waals surface area contributed by atoms with E-state index in [0.717, 1.165) is 11.1 Å². The number of amidine groups is 1. The second kappa shape index (κ2) is 5.70. The van der Waals surface area contributed by atoms with E-state index in [4.69, 9.17) is 17.3 Å². The highest BCUT2D eigenvalue weighted by Crippen LogP contribution is 2.44. The number of fused-ring (bicyclic) bond motifs is 3. The van der Waals surface area contributed by atoms with Crippen LogP contribution in [0.4, 0.5) is 10.1 Å². The molecule has 7 heteroatoms. The molecule has 1 aromatic rings. The lowest BCUT2D eigenvalue weighted by molar-refractivity contribution is -0.128. The van der Waals surface area contributed by atoms with Gasteiger partial charge in [-0.15, -0.1) is 0 Å². The Morgan fingerprint density at radius 3 is 3.11 bits per heavy atom. The van der Waals surface area contributed by atoms with Gasteiger partial charge in [0.05, 0.1) is 11.6 Å². The number of nitrogens with one attached hydrogen (secondary N) is 1. The molecule has 2 atom stereocenters. The number of benzene rings is 1. The van der Waals surface area contributed by atoms with Crippen LogP contribution in [0.3, 0.4) is 0 Å². The normalized spacial score (nSPS) is 28.9. The Morgan fingerprint density at radius 2 is 2.26 bits per heavy atom. The van der Waals surface area contributed by atoms with Crippen molar-refractivity contribution in [1.29, 1.82) is 0 Å². The van der Waals surface area contributed by atoms with Gasteiger partial charge in [-0.25, -0.2) is 9.38 Å². The van der Waals surface area contributed by atoms with Gasteiger partial charge in [0.2, 0.25) is 0 Å². The van der Waals surface area contributed by atoms with Crippen LogP contribution in [0.1, 0.15) is 24.8 Å². The summed E-state index contributed by atoms with van der Waals surface area (Å²) in [7, 11) is 0. The molecule has 0 radical (unpaired) electrons. The molecular weight excluding hydrogens is 367 g/mol. The lowest BCUT2D eigenvalue weighted by Crippen LogP contribution is -2.55. The number of hydrogen-bond donors (Lipinski definition) is 2. The largest absolute Gasteiger partial charge is 0.383 e. The molecule has 0 saturated carbocycles. The molecule has 3 N–H and O–H groups in total. The Morgan fingerprint density at radius 1 is 1.41 bits per heavy atom. The molecule has 0 aromatic heterocycles. The molecule has 1 saturated heterocycles. The van der Waals surface area contributed by atoms with Gasteiger partial charge in [0.1, 0.15) is 17.3 Å². The Kier molecular flexibility index (Phi) is 3.49. The number of nitrogens with two attached hydrogens (primary N) is 1. The van der Waals surface area contributed by atoms with E-state index in [1.807, 2.05) is 29.2 Å². The molecule has 5 nitrogen and oxygen atoms in total. The van der Waals surface area contributed by atoms with Crippen LogP contribution < -0.4 is 11.1 Å². The number of anilines is 1. The van der Waals surface area contributed by atoms with Crippen molar-refractivity contribution >= 4 is 29.0 Å². The number of carbonyl (C=O) groups is 1. The molecule has 27 heavy (non-hydrogen) atoms. The summed E-state index contributed by atoms with van der Waals surface area (Å²) in [6.07, 6.45) is 7.32. The minimum absolute atomic E-state index is 0.0437. The summed E-state index contributed by atoms with van der Waals surface area (Å²) < 4.78 is 14.2. The van der Waals surface area contributed by atoms with Crippen LogP contribution in [-0.2, 0) is 4.79 Å². The van der Waals surface area contributed by atoms with Crippen LogP contribution in [0.25, 0.3) is 0 Å². The monoisotopic (exact) mass is 384 g/mol. The minimum atomic E-state index is -0.647. The molecule has 4 aliphatic rings. The molecule has 1 aliphatic carbocycles. The van der Waals surface area contributed by atoms with Crippen molar-refractivity contribution in [2.75, 3.05) is 11.9 Å². The molecule has 138 valence electrons. The lowest BCUT2D eigenvalue weighted by atomic mass is 9.86. The summed E-state index contributed by atoms with van der Waals surface area (Å²) >= 11 is 6.20. The number of allylic oxidation sites excluding steroid dienone is 3. The Balaban J connectivity index is 1.53. The summed E-state index contributed by atoms with van der Waals surface area (Å²) in [5, 5.41) is 4.05. The van der Waals surface area contributed by atoms with E-state index < -0.39 is 5.66 Å². The van der Waals surface area contributed by atoms with Crippen molar-refractivity contribution in [1.82, 2.24) is 4.90 Å². The maximum Gasteiger partial charge on any atom is 0.251 e. The van der Waals surface area contributed by atoms with E-state index in [1.165, 1.54) is 6.07 Å². The third kappa shape index (κ3) is 2.43. The van der Waals surface area contributed by atoms with Gasteiger partial charge >= 0.3 is 0 Å². The fourth-order valence-corrected chi connectivity index (χ4v) is 4.76. The summed E-state index contributed by atoms with van der Waals surface area (Å²) in [5.41, 5.74) is 8.20. The third-order valence-corrected chi connectivity index (χ3v) is 6.03. The van der Waals surface area contributed by atoms with E-state index in [2.05, 4.69) is 10.3 Å². The van der Waals surface area contributed by atoms with Gasteiger partial charge in [-0.1, -0.05) is 29.8 Å². The number of halogens is 2. The zero-order chi connectivity index (χ0) is 18.8. The van der Waals surface area contributed by atoms with Gasteiger partial charge < -0.3 is 16.0 Å². The smallest absolute Gasteiger partial charge is 0.251 e. The quantitative estimate of drug-likeness (QED) is 0.722. The summed E-state index contributed by atoms with van der Waals surface area (Å²) in [5.74, 6) is -0.140. The summed E-state index contributed by atoms with van der Waals surface area (Å²) in [6.45, 7) is 0.556. The van der Waals surface area contributed by atoms with Gasteiger partial charge in [0, 0.05) is 42.1 Å². The fourth-order valence-electron chi connectivity index (χ4n) is 4.55. The first kappa shape index (κ1) is 16.6. The average Bonchev–Trinajstić information content (AvgIpc) is 2.76. The standard InChI is InChI=1S/C20H18ClFN4O/c21-11-3-1-4-12-13(9-11)19(27)26-8-7-20(10-16(12)26)24-15-6-2-5-14(22)17(15)18(23)25-20/h1-6,16,24H,7-10H2,(H2,23,25). The number of rotatable bonds is 0. The highest BCUT2D eigenvalue weighted by Gasteiger charge is 2.49. The maximum atomic E-state index is 14.2. The highest BCUT2D eigenvalue weighted by atomic mass is 35.5. The Labute approximate surface area is 161 Å². The van der Waals surface area contributed by atoms with Crippen molar-refractivity contribution < 1.29 is 9.18 Å². The van der Waals surface area contributed by atoms with Crippen LogP contribution >= 0.6 is 11.6 Å². The number of nitrogens with zero attached hydrogens (tertiary/aromatic N) is 2. The van der Waals surface area contributed by atoms with Crippen molar-refractivity contribution in [2.24, 2.45) is 10.7 Å². The lowest BCUT2D eigenvalue weighted by Gasteiger charge is -2.45. The topological polar surface area (TPSA) is 70.7 Å². The summed E-state index contributed by atoms with van der Waals surface area (Å²) in [4.78, 5) is 19.4. The average molecular weight is 385 g/mol. The van der Waals surface area contributed by atoms with Gasteiger partial charge in [-0.05, 0) is 23.8 Å². The molecule has 1 amide bonds. The van der Waals surface area contributed by atoms with Crippen LogP contribution in [0, 0.1) is 5.82 Å². The van der Waals surface area contributed by atoms with Crippen molar-refractivity contribution in [3.05, 3.63) is 64.0 Å². The minimum Gasteiger partial charge on any atom is -0.383 e. The van der Waals surface area contributed by atoms with Crippen LogP contribution in [0.2, 0.25) is 0 Å². The van der Waals surface area contributed by atoms with E-state index >= 15 is 0 Å². The molecule has 5 rings (SSSR count). The molecule has 1 fully saturated rings. The predicted molar refractivity (Wildman–Crippen MR) is 103 cm³/mol. The zero-order valence-electron chi connectivity index (χ0n) is 14.5. The van der Waals surface area contributed by atoms with Crippen molar-refractivity contribution in [2.45, 2.75) is 31.0 Å². The van der Waals surface area contributed by atoms with Crippen LogP contribution in [0.5, 0.6) is 0 Å². The van der Waals surface area contributed by atoms with E-state index in [1.54, 1.807) is 6.07 Å². The van der Waals surface area contributed by atoms with Gasteiger partial charge in [0.15, 0.2) is 0 Å². The Bertz CT molecular complexity index is 996.